The number of fused-ring (bicyclic) bond motifs is 2. The molecule has 0 aromatic carbocycles. The summed E-state index contributed by atoms with van der Waals surface area (Å²) in [6.45, 7) is 5.85. The minimum atomic E-state index is 0.234. The number of morpholine rings is 1. The van der Waals surface area contributed by atoms with Gasteiger partial charge in [-0.1, -0.05) is 0 Å². The summed E-state index contributed by atoms with van der Waals surface area (Å²) in [5.41, 5.74) is 0. The van der Waals surface area contributed by atoms with E-state index in [0.717, 1.165) is 39.0 Å². The molecule has 4 rings (SSSR count). The van der Waals surface area contributed by atoms with E-state index in [9.17, 15) is 0 Å². The van der Waals surface area contributed by atoms with Gasteiger partial charge in [0.15, 0.2) is 0 Å². The summed E-state index contributed by atoms with van der Waals surface area (Å²) in [5.74, 6) is 1.35. The molecule has 3 aliphatic heterocycles. The maximum Gasteiger partial charge on any atom is 0.232 e. The Morgan fingerprint density at radius 2 is 1.75 bits per heavy atom. The Morgan fingerprint density at radius 1 is 0.958 bits per heavy atom. The molecule has 4 heterocycles. The molecule has 0 spiro atoms. The Kier molecular flexibility index (Phi) is 4.74. The molecule has 0 radical (unpaired) electrons. The van der Waals surface area contributed by atoms with Crippen LogP contribution >= 0.6 is 11.6 Å². The Balaban J connectivity index is 1.65. The lowest BCUT2D eigenvalue weighted by Gasteiger charge is -2.35. The summed E-state index contributed by atoms with van der Waals surface area (Å²) in [7, 11) is 0. The molecule has 3 fully saturated rings. The van der Waals surface area contributed by atoms with Gasteiger partial charge in [0.2, 0.25) is 17.2 Å². The molecular formula is C16H24ClN5O2. The highest BCUT2D eigenvalue weighted by atomic mass is 35.5. The van der Waals surface area contributed by atoms with Crippen molar-refractivity contribution in [3.05, 3.63) is 5.28 Å². The van der Waals surface area contributed by atoms with Crippen LogP contribution in [0.4, 0.5) is 11.9 Å². The molecule has 2 unspecified atom stereocenters. The van der Waals surface area contributed by atoms with E-state index in [4.69, 9.17) is 26.1 Å². The van der Waals surface area contributed by atoms with Crippen LogP contribution in [0, 0.1) is 0 Å². The lowest BCUT2D eigenvalue weighted by atomic mass is 10.1. The maximum atomic E-state index is 6.25. The van der Waals surface area contributed by atoms with E-state index in [1.807, 2.05) is 0 Å². The number of halogens is 1. The third-order valence-corrected chi connectivity index (χ3v) is 5.37. The molecule has 7 nitrogen and oxygen atoms in total. The first-order valence-corrected chi connectivity index (χ1v) is 9.22. The van der Waals surface area contributed by atoms with Gasteiger partial charge in [0.25, 0.3) is 0 Å². The molecule has 24 heavy (non-hydrogen) atoms. The van der Waals surface area contributed by atoms with Crippen LogP contribution in [0.1, 0.15) is 32.6 Å². The largest absolute Gasteiger partial charge is 0.379 e. The van der Waals surface area contributed by atoms with Crippen molar-refractivity contribution in [2.45, 2.75) is 50.7 Å². The van der Waals surface area contributed by atoms with Crippen molar-refractivity contribution in [1.82, 2.24) is 15.0 Å². The van der Waals surface area contributed by atoms with E-state index in [0.29, 0.717) is 37.2 Å². The zero-order chi connectivity index (χ0) is 16.5. The Bertz CT molecular complexity index is 576. The van der Waals surface area contributed by atoms with Gasteiger partial charge >= 0.3 is 0 Å². The molecule has 1 aromatic rings. The predicted octanol–water partition coefficient (Wildman–Crippen LogP) is 1.90. The number of hydrogen-bond acceptors (Lipinski definition) is 7. The summed E-state index contributed by atoms with van der Waals surface area (Å²) in [4.78, 5) is 18.1. The summed E-state index contributed by atoms with van der Waals surface area (Å²) in [5, 5.41) is 0.260. The van der Waals surface area contributed by atoms with E-state index in [1.165, 1.54) is 6.42 Å². The Hall–Kier alpha value is -1.18. The van der Waals surface area contributed by atoms with Crippen LogP contribution in [0.2, 0.25) is 5.28 Å². The fourth-order valence-corrected chi connectivity index (χ4v) is 4.12. The van der Waals surface area contributed by atoms with Crippen LogP contribution in [0.3, 0.4) is 0 Å². The van der Waals surface area contributed by atoms with Crippen LogP contribution in [-0.4, -0.2) is 66.0 Å². The summed E-state index contributed by atoms with van der Waals surface area (Å²) < 4.78 is 11.3. The van der Waals surface area contributed by atoms with E-state index in [2.05, 4.69) is 26.7 Å². The fourth-order valence-electron chi connectivity index (χ4n) is 3.97. The van der Waals surface area contributed by atoms with Crippen LogP contribution in [-0.2, 0) is 9.47 Å². The van der Waals surface area contributed by atoms with E-state index >= 15 is 0 Å². The smallest absolute Gasteiger partial charge is 0.232 e. The molecule has 8 heteroatoms. The normalized spacial score (nSPS) is 31.0. The van der Waals surface area contributed by atoms with Gasteiger partial charge in [-0.3, -0.25) is 0 Å². The maximum absolute atomic E-state index is 6.25. The van der Waals surface area contributed by atoms with Gasteiger partial charge in [-0.05, 0) is 44.2 Å². The van der Waals surface area contributed by atoms with Gasteiger partial charge in [0, 0.05) is 19.2 Å². The van der Waals surface area contributed by atoms with Crippen LogP contribution in [0.25, 0.3) is 0 Å². The number of aromatic nitrogens is 3. The topological polar surface area (TPSA) is 63.6 Å². The van der Waals surface area contributed by atoms with Crippen molar-refractivity contribution < 1.29 is 9.47 Å². The molecule has 3 aliphatic rings. The standard InChI is InChI=1S/C16H24ClN5O2/c1-11-9-24-8-6-21(11)15-18-14(17)19-16(20-15)22-12-3-2-7-23-10-13(22)5-4-12/h11-13H,2-10H2,1H3/t11-,12?,13?/m0/s1. The van der Waals surface area contributed by atoms with Crippen LogP contribution < -0.4 is 9.80 Å². The lowest BCUT2D eigenvalue weighted by molar-refractivity contribution is 0.0980. The highest BCUT2D eigenvalue weighted by Crippen LogP contribution is 2.33. The highest BCUT2D eigenvalue weighted by Gasteiger charge is 2.37. The average molecular weight is 354 g/mol. The van der Waals surface area contributed by atoms with Gasteiger partial charge in [0.1, 0.15) is 0 Å². The summed E-state index contributed by atoms with van der Waals surface area (Å²) in [6.07, 6.45) is 4.49. The SMILES string of the molecule is C[C@H]1COCCN1c1nc(Cl)nc(N2C3CCCOCC2CC3)n1. The zero-order valence-electron chi connectivity index (χ0n) is 14.0. The number of rotatable bonds is 2. The Morgan fingerprint density at radius 3 is 2.62 bits per heavy atom. The number of anilines is 2. The van der Waals surface area contributed by atoms with Gasteiger partial charge in [-0.2, -0.15) is 15.0 Å². The lowest BCUT2D eigenvalue weighted by Crippen LogP contribution is -2.45. The molecule has 0 N–H and O–H groups in total. The monoisotopic (exact) mass is 353 g/mol. The first kappa shape index (κ1) is 16.3. The van der Waals surface area contributed by atoms with Crippen molar-refractivity contribution in [3.63, 3.8) is 0 Å². The number of ether oxygens (including phenoxy) is 2. The molecule has 0 aliphatic carbocycles. The van der Waals surface area contributed by atoms with Crippen molar-refractivity contribution in [2.24, 2.45) is 0 Å². The van der Waals surface area contributed by atoms with Gasteiger partial charge in [0.05, 0.1) is 31.9 Å². The molecule has 132 valence electrons. The van der Waals surface area contributed by atoms with E-state index in [-0.39, 0.29) is 11.3 Å². The van der Waals surface area contributed by atoms with Crippen molar-refractivity contribution in [1.29, 1.82) is 0 Å². The first-order valence-electron chi connectivity index (χ1n) is 8.84. The summed E-state index contributed by atoms with van der Waals surface area (Å²) >= 11 is 6.25. The minimum absolute atomic E-state index is 0.234. The van der Waals surface area contributed by atoms with Crippen LogP contribution in [0.5, 0.6) is 0 Å². The molecule has 3 atom stereocenters. The van der Waals surface area contributed by atoms with Crippen molar-refractivity contribution in [3.8, 4) is 0 Å². The molecule has 2 bridgehead atoms. The van der Waals surface area contributed by atoms with Crippen molar-refractivity contribution >= 4 is 23.5 Å². The van der Waals surface area contributed by atoms with Gasteiger partial charge < -0.3 is 19.3 Å². The third-order valence-electron chi connectivity index (χ3n) is 5.20. The van der Waals surface area contributed by atoms with Gasteiger partial charge in [-0.25, -0.2) is 0 Å². The number of hydrogen-bond donors (Lipinski definition) is 0. The quantitative estimate of drug-likeness (QED) is 0.804. The molecule has 1 aromatic heterocycles. The minimum Gasteiger partial charge on any atom is -0.379 e. The number of nitrogens with zero attached hydrogens (tertiary/aromatic N) is 5. The second-order valence-electron chi connectivity index (χ2n) is 6.83. The first-order chi connectivity index (χ1) is 11.7. The second kappa shape index (κ2) is 6.98. The highest BCUT2D eigenvalue weighted by molar-refractivity contribution is 6.28. The predicted molar refractivity (Wildman–Crippen MR) is 91.8 cm³/mol. The molecule has 3 saturated heterocycles. The molecule has 0 saturated carbocycles. The molecule has 0 amide bonds. The third kappa shape index (κ3) is 3.17. The zero-order valence-corrected chi connectivity index (χ0v) is 14.8. The Labute approximate surface area is 147 Å². The van der Waals surface area contributed by atoms with E-state index < -0.39 is 0 Å². The van der Waals surface area contributed by atoms with Gasteiger partial charge in [-0.15, -0.1) is 0 Å². The molecular weight excluding hydrogens is 330 g/mol. The summed E-state index contributed by atoms with van der Waals surface area (Å²) in [6, 6.07) is 1.05. The van der Waals surface area contributed by atoms with Crippen LogP contribution in [0.15, 0.2) is 0 Å². The van der Waals surface area contributed by atoms with E-state index in [1.54, 1.807) is 0 Å². The fraction of sp³-hybridized carbons (Fsp3) is 0.812. The second-order valence-corrected chi connectivity index (χ2v) is 7.17. The average Bonchev–Trinajstić information content (AvgIpc) is 2.99. The van der Waals surface area contributed by atoms with Crippen molar-refractivity contribution in [2.75, 3.05) is 42.8 Å².